The molecule has 0 spiro atoms. The third-order valence-electron chi connectivity index (χ3n) is 4.89. The lowest BCUT2D eigenvalue weighted by Gasteiger charge is -2.16. The van der Waals surface area contributed by atoms with Crippen LogP contribution in [0, 0.1) is 0 Å². The number of fused-ring (bicyclic) bond motifs is 1. The van der Waals surface area contributed by atoms with Gasteiger partial charge in [-0.25, -0.2) is 4.98 Å². The van der Waals surface area contributed by atoms with Crippen molar-refractivity contribution < 1.29 is 5.11 Å². The fourth-order valence-corrected chi connectivity index (χ4v) is 3.68. The Bertz CT molecular complexity index is 1200. The second-order valence-electron chi connectivity index (χ2n) is 8.43. The summed E-state index contributed by atoms with van der Waals surface area (Å²) in [6.45, 7) is 4.77. The van der Waals surface area contributed by atoms with E-state index in [1.165, 1.54) is 0 Å². The zero-order chi connectivity index (χ0) is 22.6. The van der Waals surface area contributed by atoms with E-state index in [9.17, 15) is 5.11 Å². The summed E-state index contributed by atoms with van der Waals surface area (Å²) in [5.74, 6) is 0.773. The number of benzene rings is 1. The number of aromatic nitrogens is 4. The van der Waals surface area contributed by atoms with Gasteiger partial charge in [-0.1, -0.05) is 17.7 Å². The second kappa shape index (κ2) is 9.54. The molecule has 4 aromatic rings. The van der Waals surface area contributed by atoms with E-state index >= 15 is 0 Å². The van der Waals surface area contributed by atoms with Gasteiger partial charge in [-0.3, -0.25) is 9.67 Å². The third kappa shape index (κ3) is 5.96. The first kappa shape index (κ1) is 22.0. The van der Waals surface area contributed by atoms with E-state index in [0.29, 0.717) is 11.6 Å². The Hall–Kier alpha value is -3.16. The zero-order valence-electron chi connectivity index (χ0n) is 18.2. The van der Waals surface area contributed by atoms with E-state index in [0.717, 1.165) is 53.2 Å². The van der Waals surface area contributed by atoms with Gasteiger partial charge in [0.25, 0.3) is 0 Å². The Balaban J connectivity index is 1.31. The average molecular weight is 451 g/mol. The summed E-state index contributed by atoms with van der Waals surface area (Å²) in [4.78, 5) is 9.09. The highest BCUT2D eigenvalue weighted by atomic mass is 35.5. The number of hydrogen-bond donors (Lipinski definition) is 3. The fourth-order valence-electron chi connectivity index (χ4n) is 3.52. The molecule has 0 aliphatic rings. The Kier molecular flexibility index (Phi) is 6.58. The molecule has 0 aliphatic heterocycles. The number of nitrogens with one attached hydrogen (secondary N) is 2. The maximum absolute atomic E-state index is 9.94. The normalized spacial score (nSPS) is 11.6. The van der Waals surface area contributed by atoms with Crippen LogP contribution in [0.5, 0.6) is 0 Å². The van der Waals surface area contributed by atoms with Gasteiger partial charge in [0.05, 0.1) is 29.5 Å². The summed E-state index contributed by atoms with van der Waals surface area (Å²) in [5.41, 5.74) is 2.98. The van der Waals surface area contributed by atoms with Crippen molar-refractivity contribution in [2.24, 2.45) is 0 Å². The molecule has 0 radical (unpaired) electrons. The van der Waals surface area contributed by atoms with Crippen LogP contribution in [0.25, 0.3) is 10.9 Å². The molecule has 32 heavy (non-hydrogen) atoms. The molecule has 0 atom stereocenters. The van der Waals surface area contributed by atoms with Crippen LogP contribution in [0.4, 0.5) is 17.2 Å². The van der Waals surface area contributed by atoms with Gasteiger partial charge in [0.2, 0.25) is 0 Å². The number of hydrogen-bond acceptors (Lipinski definition) is 6. The molecule has 0 saturated carbocycles. The Morgan fingerprint density at radius 1 is 1.16 bits per heavy atom. The summed E-state index contributed by atoms with van der Waals surface area (Å²) >= 11 is 6.07. The molecule has 0 fully saturated rings. The minimum Gasteiger partial charge on any atom is -0.389 e. The van der Waals surface area contributed by atoms with E-state index < -0.39 is 5.60 Å². The minimum atomic E-state index is -0.814. The van der Waals surface area contributed by atoms with Crippen molar-refractivity contribution in [2.45, 2.75) is 38.8 Å². The molecular weight excluding hydrogens is 424 g/mol. The number of rotatable bonds is 9. The van der Waals surface area contributed by atoms with Crippen LogP contribution >= 0.6 is 11.6 Å². The molecule has 0 unspecified atom stereocenters. The summed E-state index contributed by atoms with van der Waals surface area (Å²) < 4.78 is 1.72. The van der Waals surface area contributed by atoms with Gasteiger partial charge in [-0.05, 0) is 63.1 Å². The van der Waals surface area contributed by atoms with Gasteiger partial charge in [-0.15, -0.1) is 0 Å². The van der Waals surface area contributed by atoms with Crippen LogP contribution in [-0.4, -0.2) is 37.0 Å². The fraction of sp³-hybridized carbons (Fsp3) is 0.292. The topological polar surface area (TPSA) is 87.9 Å². The van der Waals surface area contributed by atoms with E-state index in [4.69, 9.17) is 16.6 Å². The smallest absolute Gasteiger partial charge is 0.130 e. The van der Waals surface area contributed by atoms with Gasteiger partial charge >= 0.3 is 0 Å². The molecule has 166 valence electrons. The summed E-state index contributed by atoms with van der Waals surface area (Å²) in [6.07, 6.45) is 7.19. The molecule has 3 N–H and O–H groups in total. The van der Waals surface area contributed by atoms with Crippen LogP contribution in [0.1, 0.15) is 26.0 Å². The number of halogens is 1. The van der Waals surface area contributed by atoms with Gasteiger partial charge in [-0.2, -0.15) is 5.10 Å². The van der Waals surface area contributed by atoms with Crippen molar-refractivity contribution in [3.63, 3.8) is 0 Å². The highest BCUT2D eigenvalue weighted by Gasteiger charge is 2.14. The minimum absolute atomic E-state index is 0.426. The first-order valence-electron chi connectivity index (χ1n) is 10.6. The summed E-state index contributed by atoms with van der Waals surface area (Å²) in [5, 5.41) is 22.7. The van der Waals surface area contributed by atoms with Crippen molar-refractivity contribution >= 4 is 39.7 Å². The number of pyridine rings is 2. The number of anilines is 3. The van der Waals surface area contributed by atoms with Gasteiger partial charge in [0.15, 0.2) is 0 Å². The van der Waals surface area contributed by atoms with E-state index in [2.05, 4.69) is 20.7 Å². The van der Waals surface area contributed by atoms with Crippen molar-refractivity contribution in [3.05, 3.63) is 71.8 Å². The highest BCUT2D eigenvalue weighted by Crippen LogP contribution is 2.24. The van der Waals surface area contributed by atoms with E-state index in [-0.39, 0.29) is 0 Å². The molecule has 0 bridgehead atoms. The lowest BCUT2D eigenvalue weighted by atomic mass is 10.1. The van der Waals surface area contributed by atoms with E-state index in [1.807, 2.05) is 48.7 Å². The summed E-state index contributed by atoms with van der Waals surface area (Å²) in [6, 6.07) is 13.7. The monoisotopic (exact) mass is 450 g/mol. The first-order chi connectivity index (χ1) is 15.4. The zero-order valence-corrected chi connectivity index (χ0v) is 19.0. The lowest BCUT2D eigenvalue weighted by molar-refractivity contribution is 0.0578. The van der Waals surface area contributed by atoms with Crippen LogP contribution in [0.15, 0.2) is 61.1 Å². The standard InChI is InChI=1S/C24H27ClN6O/c1-24(2,32)16-31-15-19(14-28-31)30-23-7-3-5-18(29-23)6-4-11-26-21-10-12-27-22-13-17(25)8-9-20(21)22/h3,5,7-10,12-15,32H,4,6,11,16H2,1-2H3,(H,26,27)(H,29,30). The highest BCUT2D eigenvalue weighted by molar-refractivity contribution is 6.31. The number of aryl methyl sites for hydroxylation is 1. The maximum atomic E-state index is 9.94. The average Bonchev–Trinajstić information content (AvgIpc) is 3.16. The van der Waals surface area contributed by atoms with Gasteiger partial charge < -0.3 is 15.7 Å². The quantitative estimate of drug-likeness (QED) is 0.310. The number of aliphatic hydroxyl groups is 1. The van der Waals surface area contributed by atoms with Gasteiger partial charge in [0, 0.05) is 40.7 Å². The van der Waals surface area contributed by atoms with Crippen molar-refractivity contribution in [1.29, 1.82) is 0 Å². The predicted molar refractivity (Wildman–Crippen MR) is 130 cm³/mol. The van der Waals surface area contributed by atoms with Crippen LogP contribution in [0.2, 0.25) is 5.02 Å². The third-order valence-corrected chi connectivity index (χ3v) is 5.13. The predicted octanol–water partition coefficient (Wildman–Crippen LogP) is 5.04. The molecule has 0 amide bonds. The largest absolute Gasteiger partial charge is 0.389 e. The second-order valence-corrected chi connectivity index (χ2v) is 8.86. The Morgan fingerprint density at radius 2 is 2.03 bits per heavy atom. The molecule has 1 aromatic carbocycles. The van der Waals surface area contributed by atoms with Crippen LogP contribution in [0.3, 0.4) is 0 Å². The molecule has 3 heterocycles. The van der Waals surface area contributed by atoms with Crippen LogP contribution in [-0.2, 0) is 13.0 Å². The van der Waals surface area contributed by atoms with Crippen molar-refractivity contribution in [3.8, 4) is 0 Å². The SMILES string of the molecule is CC(C)(O)Cn1cc(Nc2cccc(CCCNc3ccnc4cc(Cl)ccc34)n2)cn1. The molecule has 7 nitrogen and oxygen atoms in total. The maximum Gasteiger partial charge on any atom is 0.130 e. The van der Waals surface area contributed by atoms with E-state index in [1.54, 1.807) is 30.9 Å². The van der Waals surface area contributed by atoms with Crippen LogP contribution < -0.4 is 10.6 Å². The molecule has 4 rings (SSSR count). The van der Waals surface area contributed by atoms with Crippen molar-refractivity contribution in [2.75, 3.05) is 17.2 Å². The molecular formula is C24H27ClN6O. The van der Waals surface area contributed by atoms with Gasteiger partial charge in [0.1, 0.15) is 5.82 Å². The molecule has 0 saturated heterocycles. The molecule has 0 aliphatic carbocycles. The number of nitrogens with zero attached hydrogens (tertiary/aromatic N) is 4. The first-order valence-corrected chi connectivity index (χ1v) is 11.0. The molecule has 8 heteroatoms. The lowest BCUT2D eigenvalue weighted by Crippen LogP contribution is -2.26. The summed E-state index contributed by atoms with van der Waals surface area (Å²) in [7, 11) is 0. The van der Waals surface area contributed by atoms with Crippen molar-refractivity contribution in [1.82, 2.24) is 19.7 Å². The Morgan fingerprint density at radius 3 is 2.88 bits per heavy atom. The Labute approximate surface area is 192 Å². The molecule has 3 aromatic heterocycles.